The van der Waals surface area contributed by atoms with E-state index in [9.17, 15) is 18.4 Å². The maximum absolute atomic E-state index is 14.9. The number of rotatable bonds is 16. The van der Waals surface area contributed by atoms with E-state index in [2.05, 4.69) is 13.8 Å². The van der Waals surface area contributed by atoms with E-state index in [0.29, 0.717) is 11.1 Å². The zero-order valence-corrected chi connectivity index (χ0v) is 25.4. The van der Waals surface area contributed by atoms with E-state index in [0.717, 1.165) is 75.3 Å². The second kappa shape index (κ2) is 16.8. The molecule has 2 atom stereocenters. The van der Waals surface area contributed by atoms with Gasteiger partial charge >= 0.3 is 11.9 Å². The smallest absolute Gasteiger partial charge is 0.341 e. The first-order chi connectivity index (χ1) is 20.2. The number of carbonyl (C=O) groups is 2. The number of unbranched alkanes of at least 4 members (excludes halogenated alkanes) is 6. The van der Waals surface area contributed by atoms with Crippen molar-refractivity contribution in [3.63, 3.8) is 0 Å². The lowest BCUT2D eigenvalue weighted by Crippen LogP contribution is -2.16. The summed E-state index contributed by atoms with van der Waals surface area (Å²) in [6.07, 6.45) is 9.67. The highest BCUT2D eigenvalue weighted by Gasteiger charge is 2.19. The number of carbonyl (C=O) groups excluding carboxylic acids is 2. The lowest BCUT2D eigenvalue weighted by Gasteiger charge is -2.14. The average molecular weight is 579 g/mol. The maximum Gasteiger partial charge on any atom is 0.341 e. The van der Waals surface area contributed by atoms with Gasteiger partial charge in [0.25, 0.3) is 0 Å². The first-order valence-corrected chi connectivity index (χ1v) is 15.3. The fourth-order valence-corrected chi connectivity index (χ4v) is 4.90. The molecule has 3 aromatic rings. The van der Waals surface area contributed by atoms with E-state index in [1.165, 1.54) is 24.3 Å². The molecule has 6 heteroatoms. The molecule has 0 N–H and O–H groups in total. The first kappa shape index (κ1) is 33.0. The van der Waals surface area contributed by atoms with Crippen molar-refractivity contribution in [1.29, 1.82) is 0 Å². The molecule has 42 heavy (non-hydrogen) atoms. The second-order valence-electron chi connectivity index (χ2n) is 11.1. The molecule has 0 radical (unpaired) electrons. The molecular weight excluding hydrogens is 534 g/mol. The predicted molar refractivity (Wildman–Crippen MR) is 165 cm³/mol. The van der Waals surface area contributed by atoms with Crippen molar-refractivity contribution in [2.75, 3.05) is 0 Å². The van der Waals surface area contributed by atoms with Crippen molar-refractivity contribution in [2.24, 2.45) is 0 Å². The summed E-state index contributed by atoms with van der Waals surface area (Å²) in [5, 5.41) is 0. The Bertz CT molecular complexity index is 1200. The molecule has 0 amide bonds. The molecule has 0 bridgehead atoms. The fraction of sp³-hybridized carbons (Fsp3) is 0.444. The van der Waals surface area contributed by atoms with Crippen molar-refractivity contribution in [2.45, 2.75) is 104 Å². The van der Waals surface area contributed by atoms with Crippen LogP contribution in [-0.4, -0.2) is 24.1 Å². The SMILES string of the molecule is CCCCCC[C@H](C)OC(=O)c1ccc(-c2ccc(-c3ccc(C(=O)O[C@@H](C)CCCCCC)c(F)c3)cc2)cc1F. The van der Waals surface area contributed by atoms with Crippen LogP contribution >= 0.6 is 0 Å². The van der Waals surface area contributed by atoms with Gasteiger partial charge in [0.2, 0.25) is 0 Å². The van der Waals surface area contributed by atoms with Gasteiger partial charge in [0.05, 0.1) is 23.3 Å². The Labute approximate surface area is 249 Å². The molecule has 0 heterocycles. The van der Waals surface area contributed by atoms with Crippen molar-refractivity contribution in [3.8, 4) is 22.3 Å². The zero-order chi connectivity index (χ0) is 30.5. The monoisotopic (exact) mass is 578 g/mol. The normalized spacial score (nSPS) is 12.5. The summed E-state index contributed by atoms with van der Waals surface area (Å²) in [5.41, 5.74) is 2.53. The third-order valence-electron chi connectivity index (χ3n) is 7.47. The molecule has 4 nitrogen and oxygen atoms in total. The van der Waals surface area contributed by atoms with Crippen LogP contribution in [0.3, 0.4) is 0 Å². The largest absolute Gasteiger partial charge is 0.459 e. The number of halogens is 2. The minimum Gasteiger partial charge on any atom is -0.459 e. The minimum absolute atomic E-state index is 0.0873. The van der Waals surface area contributed by atoms with Gasteiger partial charge in [-0.2, -0.15) is 0 Å². The molecular formula is C36H44F2O4. The highest BCUT2D eigenvalue weighted by molar-refractivity contribution is 5.91. The van der Waals surface area contributed by atoms with Gasteiger partial charge in [-0.15, -0.1) is 0 Å². The molecule has 226 valence electrons. The summed E-state index contributed by atoms with van der Waals surface area (Å²) in [6.45, 7) is 7.95. The number of hydrogen-bond donors (Lipinski definition) is 0. The van der Waals surface area contributed by atoms with E-state index in [1.54, 1.807) is 36.4 Å². The Hall–Kier alpha value is -3.54. The Morgan fingerprint density at radius 2 is 0.929 bits per heavy atom. The molecule has 0 aromatic heterocycles. The van der Waals surface area contributed by atoms with Crippen LogP contribution in [0, 0.1) is 11.6 Å². The molecule has 0 saturated heterocycles. The minimum atomic E-state index is -0.659. The molecule has 0 aliphatic rings. The van der Waals surface area contributed by atoms with E-state index >= 15 is 0 Å². The zero-order valence-electron chi connectivity index (χ0n) is 25.4. The van der Waals surface area contributed by atoms with E-state index in [-0.39, 0.29) is 23.3 Å². The van der Waals surface area contributed by atoms with Crippen LogP contribution in [0.4, 0.5) is 8.78 Å². The van der Waals surface area contributed by atoms with Gasteiger partial charge in [0.1, 0.15) is 11.6 Å². The Morgan fingerprint density at radius 3 is 1.26 bits per heavy atom. The van der Waals surface area contributed by atoms with E-state index < -0.39 is 23.6 Å². The van der Waals surface area contributed by atoms with Gasteiger partial charge < -0.3 is 9.47 Å². The van der Waals surface area contributed by atoms with Gasteiger partial charge in [-0.25, -0.2) is 18.4 Å². The molecule has 0 aliphatic carbocycles. The topological polar surface area (TPSA) is 52.6 Å². The van der Waals surface area contributed by atoms with Crippen LogP contribution in [0.2, 0.25) is 0 Å². The van der Waals surface area contributed by atoms with E-state index in [4.69, 9.17) is 9.47 Å². The lowest BCUT2D eigenvalue weighted by molar-refractivity contribution is 0.0303. The summed E-state index contributed by atoms with van der Waals surface area (Å²) in [7, 11) is 0. The molecule has 0 spiro atoms. The van der Waals surface area contributed by atoms with Crippen LogP contribution in [0.15, 0.2) is 60.7 Å². The van der Waals surface area contributed by atoms with Gasteiger partial charge in [-0.05, 0) is 86.1 Å². The molecule has 0 saturated carbocycles. The molecule has 3 aromatic carbocycles. The Kier molecular flexibility index (Phi) is 13.2. The van der Waals surface area contributed by atoms with Gasteiger partial charge in [-0.1, -0.05) is 88.8 Å². The Balaban J connectivity index is 1.61. The highest BCUT2D eigenvalue weighted by Crippen LogP contribution is 2.28. The van der Waals surface area contributed by atoms with Gasteiger partial charge in [0.15, 0.2) is 0 Å². The number of ether oxygens (including phenoxy) is 2. The third kappa shape index (κ3) is 9.78. The first-order valence-electron chi connectivity index (χ1n) is 15.3. The number of hydrogen-bond acceptors (Lipinski definition) is 4. The quantitative estimate of drug-likeness (QED) is 0.125. The molecule has 0 unspecified atom stereocenters. The van der Waals surface area contributed by atoms with Crippen LogP contribution in [0.5, 0.6) is 0 Å². The second-order valence-corrected chi connectivity index (χ2v) is 11.1. The molecule has 0 fully saturated rings. The number of benzene rings is 3. The van der Waals surface area contributed by atoms with Gasteiger partial charge in [0, 0.05) is 0 Å². The average Bonchev–Trinajstić information content (AvgIpc) is 2.97. The van der Waals surface area contributed by atoms with Crippen LogP contribution < -0.4 is 0 Å². The molecule has 0 aliphatic heterocycles. The van der Waals surface area contributed by atoms with Crippen molar-refractivity contribution >= 4 is 11.9 Å². The third-order valence-corrected chi connectivity index (χ3v) is 7.47. The fourth-order valence-electron chi connectivity index (χ4n) is 4.90. The summed E-state index contributed by atoms with van der Waals surface area (Å²) >= 11 is 0. The predicted octanol–water partition coefficient (Wildman–Crippen LogP) is 10.3. The summed E-state index contributed by atoms with van der Waals surface area (Å²) < 4.78 is 40.6. The molecule has 3 rings (SSSR count). The maximum atomic E-state index is 14.9. The van der Waals surface area contributed by atoms with Gasteiger partial charge in [-0.3, -0.25) is 0 Å². The van der Waals surface area contributed by atoms with Crippen molar-refractivity contribution in [3.05, 3.63) is 83.4 Å². The van der Waals surface area contributed by atoms with Crippen LogP contribution in [-0.2, 0) is 9.47 Å². The van der Waals surface area contributed by atoms with Crippen LogP contribution in [0.25, 0.3) is 22.3 Å². The Morgan fingerprint density at radius 1 is 0.571 bits per heavy atom. The number of esters is 2. The van der Waals surface area contributed by atoms with Crippen LogP contribution in [0.1, 0.15) is 113 Å². The van der Waals surface area contributed by atoms with Crippen molar-refractivity contribution < 1.29 is 27.8 Å². The van der Waals surface area contributed by atoms with Crippen molar-refractivity contribution in [1.82, 2.24) is 0 Å². The highest BCUT2D eigenvalue weighted by atomic mass is 19.1. The standard InChI is InChI=1S/C36H44F2O4/c1-5-7-9-11-13-25(3)41-35(39)31-21-19-29(23-33(31)37)27-15-17-28(18-16-27)30-20-22-32(34(38)24-30)36(40)42-26(4)14-12-10-8-6-2/h15-26H,5-14H2,1-4H3/t25-,26-/m0/s1. The lowest BCUT2D eigenvalue weighted by atomic mass is 9.98. The summed E-state index contributed by atoms with van der Waals surface area (Å²) in [5.74, 6) is -2.60. The summed E-state index contributed by atoms with van der Waals surface area (Å²) in [4.78, 5) is 25.0. The van der Waals surface area contributed by atoms with E-state index in [1.807, 2.05) is 13.8 Å². The summed E-state index contributed by atoms with van der Waals surface area (Å²) in [6, 6.07) is 16.1.